The van der Waals surface area contributed by atoms with Crippen LogP contribution in [0.25, 0.3) is 0 Å². The molecule has 0 amide bonds. The van der Waals surface area contributed by atoms with Crippen LogP contribution in [0.2, 0.25) is 0 Å². The SMILES string of the molecule is Cc1sc(=O)n(C[B-](F)(F)F)c1C. The number of halogens is 3. The Bertz CT molecular complexity index is 367. The molecule has 7 heteroatoms. The number of hydrogen-bond donors (Lipinski definition) is 0. The Hall–Kier alpha value is -0.715. The Labute approximate surface area is 77.1 Å². The lowest BCUT2D eigenvalue weighted by Crippen LogP contribution is -2.30. The standard InChI is InChI=1S/C6H8BF3NOS/c1-4-5(2)13-6(12)11(4)3-7(8,9)10/h3H2,1-2H3/q-1. The maximum atomic E-state index is 12.0. The quantitative estimate of drug-likeness (QED) is 0.683. The third-order valence-electron chi connectivity index (χ3n) is 1.76. The molecule has 0 saturated heterocycles. The van der Waals surface area contributed by atoms with Gasteiger partial charge in [-0.3, -0.25) is 4.79 Å². The predicted molar refractivity (Wildman–Crippen MR) is 47.1 cm³/mol. The van der Waals surface area contributed by atoms with Gasteiger partial charge in [0.1, 0.15) is 0 Å². The van der Waals surface area contributed by atoms with E-state index in [1.165, 1.54) is 6.92 Å². The summed E-state index contributed by atoms with van der Waals surface area (Å²) in [6, 6.07) is 0. The van der Waals surface area contributed by atoms with E-state index in [0.29, 0.717) is 10.6 Å². The number of thiazole rings is 1. The van der Waals surface area contributed by atoms with Crippen molar-refractivity contribution in [2.45, 2.75) is 20.3 Å². The number of aryl methyl sites for hydroxylation is 1. The van der Waals surface area contributed by atoms with Crippen molar-refractivity contribution in [1.82, 2.24) is 4.57 Å². The second-order valence-electron chi connectivity index (χ2n) is 2.83. The third-order valence-corrected chi connectivity index (χ3v) is 2.76. The van der Waals surface area contributed by atoms with E-state index < -0.39 is 18.3 Å². The van der Waals surface area contributed by atoms with Gasteiger partial charge in [-0.25, -0.2) is 0 Å². The average molecular weight is 210 g/mol. The summed E-state index contributed by atoms with van der Waals surface area (Å²) in [5.74, 6) is 0. The summed E-state index contributed by atoms with van der Waals surface area (Å²) in [6.45, 7) is -1.77. The van der Waals surface area contributed by atoms with Crippen LogP contribution in [0.15, 0.2) is 4.79 Å². The molecule has 0 atom stereocenters. The van der Waals surface area contributed by atoms with Gasteiger partial charge in [-0.1, -0.05) is 11.3 Å². The summed E-state index contributed by atoms with van der Waals surface area (Å²) < 4.78 is 36.8. The van der Waals surface area contributed by atoms with Gasteiger partial charge in [0.05, 0.1) is 0 Å². The molecule has 74 valence electrons. The van der Waals surface area contributed by atoms with E-state index in [1.807, 2.05) is 0 Å². The molecule has 0 aliphatic heterocycles. The Morgan fingerprint density at radius 3 is 2.23 bits per heavy atom. The third kappa shape index (κ3) is 2.36. The maximum absolute atomic E-state index is 12.0. The van der Waals surface area contributed by atoms with Crippen LogP contribution in [-0.2, 0) is 6.44 Å². The first kappa shape index (κ1) is 10.4. The first-order valence-corrected chi connectivity index (χ1v) is 4.51. The molecule has 1 heterocycles. The molecule has 0 N–H and O–H groups in total. The molecule has 1 rings (SSSR count). The molecule has 0 aliphatic carbocycles. The normalized spacial score (nSPS) is 12.1. The fraction of sp³-hybridized carbons (Fsp3) is 0.500. The van der Waals surface area contributed by atoms with Crippen LogP contribution < -0.4 is 4.87 Å². The molecule has 0 radical (unpaired) electrons. The zero-order valence-electron chi connectivity index (χ0n) is 7.18. The molecule has 1 aromatic heterocycles. The van der Waals surface area contributed by atoms with Gasteiger partial charge < -0.3 is 17.5 Å². The lowest BCUT2D eigenvalue weighted by Gasteiger charge is -2.14. The molecule has 13 heavy (non-hydrogen) atoms. The van der Waals surface area contributed by atoms with Crippen LogP contribution in [0.1, 0.15) is 10.6 Å². The van der Waals surface area contributed by atoms with Crippen LogP contribution in [-0.4, -0.2) is 11.5 Å². The summed E-state index contributed by atoms with van der Waals surface area (Å²) in [7, 11) is 0. The minimum absolute atomic E-state index is 0.411. The Balaban J connectivity index is 3.08. The van der Waals surface area contributed by atoms with E-state index in [-0.39, 0.29) is 0 Å². The smallest absolute Gasteiger partial charge is 0.448 e. The minimum atomic E-state index is -4.94. The summed E-state index contributed by atoms with van der Waals surface area (Å²) in [5, 5.41) is 0. The molecular formula is C6H8BF3NOS-. The van der Waals surface area contributed by atoms with Gasteiger partial charge in [-0.2, -0.15) is 0 Å². The molecule has 1 aromatic rings. The van der Waals surface area contributed by atoms with Gasteiger partial charge >= 0.3 is 11.9 Å². The zero-order chi connectivity index (χ0) is 10.2. The minimum Gasteiger partial charge on any atom is -0.448 e. The van der Waals surface area contributed by atoms with E-state index >= 15 is 0 Å². The monoisotopic (exact) mass is 210 g/mol. The van der Waals surface area contributed by atoms with Crippen molar-refractivity contribution in [3.63, 3.8) is 0 Å². The van der Waals surface area contributed by atoms with E-state index in [4.69, 9.17) is 0 Å². The second-order valence-corrected chi connectivity index (χ2v) is 4.00. The van der Waals surface area contributed by atoms with E-state index in [2.05, 4.69) is 0 Å². The van der Waals surface area contributed by atoms with Gasteiger partial charge in [0, 0.05) is 10.6 Å². The van der Waals surface area contributed by atoms with Gasteiger partial charge in [-0.15, -0.1) is 0 Å². The second kappa shape index (κ2) is 3.21. The van der Waals surface area contributed by atoms with Crippen LogP contribution in [0, 0.1) is 13.8 Å². The highest BCUT2D eigenvalue weighted by Crippen LogP contribution is 2.15. The van der Waals surface area contributed by atoms with Gasteiger partial charge in [-0.05, 0) is 20.3 Å². The number of hydrogen-bond acceptors (Lipinski definition) is 2. The van der Waals surface area contributed by atoms with Crippen molar-refractivity contribution in [2.75, 3.05) is 0 Å². The van der Waals surface area contributed by atoms with Crippen molar-refractivity contribution < 1.29 is 12.9 Å². The van der Waals surface area contributed by atoms with Gasteiger partial charge in [0.25, 0.3) is 0 Å². The highest BCUT2D eigenvalue weighted by molar-refractivity contribution is 7.09. The zero-order valence-corrected chi connectivity index (χ0v) is 8.00. The van der Waals surface area contributed by atoms with Crippen molar-refractivity contribution in [3.8, 4) is 0 Å². The lowest BCUT2D eigenvalue weighted by atomic mass is 9.92. The van der Waals surface area contributed by atoms with Crippen LogP contribution >= 0.6 is 11.3 Å². The number of rotatable bonds is 2. The fourth-order valence-corrected chi connectivity index (χ4v) is 1.85. The van der Waals surface area contributed by atoms with Gasteiger partial charge in [0.2, 0.25) is 0 Å². The highest BCUT2D eigenvalue weighted by atomic mass is 32.1. The molecule has 0 unspecified atom stereocenters. The Kier molecular flexibility index (Phi) is 2.56. The fourth-order valence-electron chi connectivity index (χ4n) is 1.01. The van der Waals surface area contributed by atoms with Crippen LogP contribution in [0.4, 0.5) is 12.9 Å². The first-order chi connectivity index (χ1) is 5.81. The topological polar surface area (TPSA) is 22.0 Å². The molecule has 0 saturated carbocycles. The lowest BCUT2D eigenvalue weighted by molar-refractivity contribution is 0.442. The number of aromatic nitrogens is 1. The van der Waals surface area contributed by atoms with Crippen LogP contribution in [0.3, 0.4) is 0 Å². The molecule has 0 fully saturated rings. The van der Waals surface area contributed by atoms with E-state index in [1.54, 1.807) is 6.92 Å². The summed E-state index contributed by atoms with van der Waals surface area (Å²) in [6.07, 6.45) is -1.13. The van der Waals surface area contributed by atoms with E-state index in [0.717, 1.165) is 15.9 Å². The van der Waals surface area contributed by atoms with E-state index in [9.17, 15) is 17.7 Å². The van der Waals surface area contributed by atoms with Gasteiger partial charge in [0.15, 0.2) is 0 Å². The first-order valence-electron chi connectivity index (χ1n) is 3.69. The average Bonchev–Trinajstić information content (AvgIpc) is 2.14. The maximum Gasteiger partial charge on any atom is 0.497 e. The molecule has 0 aliphatic rings. The molecular weight excluding hydrogens is 202 g/mol. The summed E-state index contributed by atoms with van der Waals surface area (Å²) >= 11 is 0.854. The number of nitrogens with zero attached hydrogens (tertiary/aromatic N) is 1. The Morgan fingerprint density at radius 1 is 1.38 bits per heavy atom. The van der Waals surface area contributed by atoms with Crippen molar-refractivity contribution >= 4 is 18.3 Å². The molecule has 0 spiro atoms. The summed E-state index contributed by atoms with van der Waals surface area (Å²) in [4.78, 5) is 11.1. The summed E-state index contributed by atoms with van der Waals surface area (Å²) in [5.41, 5.74) is 0.411. The molecule has 0 aromatic carbocycles. The largest absolute Gasteiger partial charge is 0.497 e. The molecule has 2 nitrogen and oxygen atoms in total. The van der Waals surface area contributed by atoms with Crippen LogP contribution in [0.5, 0.6) is 0 Å². The molecule has 0 bridgehead atoms. The Morgan fingerprint density at radius 2 is 1.92 bits per heavy atom. The van der Waals surface area contributed by atoms with Crippen molar-refractivity contribution in [3.05, 3.63) is 20.2 Å². The van der Waals surface area contributed by atoms with Crippen molar-refractivity contribution in [1.29, 1.82) is 0 Å². The highest BCUT2D eigenvalue weighted by Gasteiger charge is 2.25. The predicted octanol–water partition coefficient (Wildman–Crippen LogP) is 1.91. The van der Waals surface area contributed by atoms with Crippen molar-refractivity contribution in [2.24, 2.45) is 0 Å².